The Kier molecular flexibility index (Phi) is 5.33. The molecular weight excluding hydrogens is 290 g/mol. The van der Waals surface area contributed by atoms with Gasteiger partial charge in [-0.2, -0.15) is 5.10 Å². The van der Waals surface area contributed by atoms with Crippen molar-refractivity contribution in [1.29, 1.82) is 0 Å². The van der Waals surface area contributed by atoms with E-state index in [1.165, 1.54) is 6.33 Å². The first-order valence-corrected chi connectivity index (χ1v) is 7.37. The van der Waals surface area contributed by atoms with Crippen LogP contribution in [0.5, 0.6) is 0 Å². The lowest BCUT2D eigenvalue weighted by Crippen LogP contribution is -2.38. The van der Waals surface area contributed by atoms with Crippen LogP contribution >= 0.6 is 11.6 Å². The number of aromatic nitrogens is 3. The quantitative estimate of drug-likeness (QED) is 0.818. The normalized spacial score (nSPS) is 11.8. The number of aliphatic hydroxyl groups is 2. The summed E-state index contributed by atoms with van der Waals surface area (Å²) in [4.78, 5) is 4.26. The van der Waals surface area contributed by atoms with Crippen LogP contribution in [0.1, 0.15) is 24.7 Å². The fourth-order valence-electron chi connectivity index (χ4n) is 2.38. The second-order valence-corrected chi connectivity index (χ2v) is 5.62. The van der Waals surface area contributed by atoms with Crippen molar-refractivity contribution in [2.45, 2.75) is 31.7 Å². The molecule has 0 aliphatic carbocycles. The fourth-order valence-corrected chi connectivity index (χ4v) is 2.50. The molecule has 0 saturated heterocycles. The van der Waals surface area contributed by atoms with Crippen LogP contribution in [0.15, 0.2) is 30.6 Å². The number of nitrogens with zero attached hydrogens (tertiary/aromatic N) is 3. The Morgan fingerprint density at radius 3 is 2.43 bits per heavy atom. The third-order valence-electron chi connectivity index (χ3n) is 3.69. The van der Waals surface area contributed by atoms with E-state index in [0.717, 1.165) is 24.4 Å². The van der Waals surface area contributed by atoms with E-state index in [2.05, 4.69) is 17.0 Å². The van der Waals surface area contributed by atoms with Gasteiger partial charge in [0.1, 0.15) is 12.2 Å². The molecule has 0 amide bonds. The van der Waals surface area contributed by atoms with Crippen molar-refractivity contribution < 1.29 is 10.2 Å². The maximum absolute atomic E-state index is 9.87. The summed E-state index contributed by atoms with van der Waals surface area (Å²) in [7, 11) is 0. The van der Waals surface area contributed by atoms with Crippen molar-refractivity contribution in [3.8, 4) is 0 Å². The smallest absolute Gasteiger partial charge is 0.138 e. The maximum Gasteiger partial charge on any atom is 0.138 e. The van der Waals surface area contributed by atoms with Crippen molar-refractivity contribution in [2.24, 2.45) is 0 Å². The molecular formula is C15H20ClN3O2. The molecule has 0 saturated carbocycles. The van der Waals surface area contributed by atoms with E-state index in [9.17, 15) is 10.2 Å². The van der Waals surface area contributed by atoms with Crippen LogP contribution in [0.2, 0.25) is 5.02 Å². The van der Waals surface area contributed by atoms with Gasteiger partial charge >= 0.3 is 0 Å². The minimum absolute atomic E-state index is 0.176. The SMILES string of the molecule is CCCn1ncnc1CC(CO)(CO)c1ccc(Cl)cc1. The van der Waals surface area contributed by atoms with Gasteiger partial charge in [0.15, 0.2) is 0 Å². The fraction of sp³-hybridized carbons (Fsp3) is 0.467. The number of aliphatic hydroxyl groups excluding tert-OH is 2. The Bertz CT molecular complexity index is 565. The van der Waals surface area contributed by atoms with Crippen LogP contribution in [0.4, 0.5) is 0 Å². The van der Waals surface area contributed by atoms with Gasteiger partial charge in [-0.25, -0.2) is 4.98 Å². The van der Waals surface area contributed by atoms with Gasteiger partial charge < -0.3 is 10.2 Å². The van der Waals surface area contributed by atoms with Crippen LogP contribution in [0.3, 0.4) is 0 Å². The van der Waals surface area contributed by atoms with E-state index in [1.54, 1.807) is 12.1 Å². The van der Waals surface area contributed by atoms with Crippen molar-refractivity contribution in [2.75, 3.05) is 13.2 Å². The highest BCUT2D eigenvalue weighted by Crippen LogP contribution is 2.28. The minimum Gasteiger partial charge on any atom is -0.395 e. The maximum atomic E-state index is 9.87. The zero-order valence-corrected chi connectivity index (χ0v) is 12.8. The Morgan fingerprint density at radius 2 is 1.86 bits per heavy atom. The molecule has 0 aliphatic rings. The summed E-state index contributed by atoms with van der Waals surface area (Å²) >= 11 is 5.91. The van der Waals surface area contributed by atoms with Gasteiger partial charge in [0.2, 0.25) is 0 Å². The first kappa shape index (κ1) is 15.9. The van der Waals surface area contributed by atoms with Gasteiger partial charge in [0.05, 0.1) is 13.2 Å². The third kappa shape index (κ3) is 3.43. The zero-order chi connectivity index (χ0) is 15.3. The van der Waals surface area contributed by atoms with Crippen molar-refractivity contribution in [3.05, 3.63) is 47.0 Å². The van der Waals surface area contributed by atoms with Gasteiger partial charge in [0.25, 0.3) is 0 Å². The van der Waals surface area contributed by atoms with Gasteiger partial charge in [-0.3, -0.25) is 4.68 Å². The molecule has 2 N–H and O–H groups in total. The lowest BCUT2D eigenvalue weighted by atomic mass is 9.78. The lowest BCUT2D eigenvalue weighted by molar-refractivity contribution is 0.113. The summed E-state index contributed by atoms with van der Waals surface area (Å²) in [6, 6.07) is 7.17. The largest absolute Gasteiger partial charge is 0.395 e. The molecule has 1 aromatic heterocycles. The third-order valence-corrected chi connectivity index (χ3v) is 3.94. The molecule has 0 aliphatic heterocycles. The van der Waals surface area contributed by atoms with Crippen molar-refractivity contribution in [1.82, 2.24) is 14.8 Å². The van der Waals surface area contributed by atoms with E-state index in [0.29, 0.717) is 11.4 Å². The Balaban J connectivity index is 2.33. The van der Waals surface area contributed by atoms with E-state index in [-0.39, 0.29) is 13.2 Å². The number of benzene rings is 1. The molecule has 0 atom stereocenters. The van der Waals surface area contributed by atoms with E-state index in [4.69, 9.17) is 11.6 Å². The molecule has 0 bridgehead atoms. The Labute approximate surface area is 129 Å². The molecule has 1 heterocycles. The molecule has 2 rings (SSSR count). The minimum atomic E-state index is -0.789. The molecule has 0 fully saturated rings. The van der Waals surface area contributed by atoms with Crippen LogP contribution < -0.4 is 0 Å². The number of halogens is 1. The first-order valence-electron chi connectivity index (χ1n) is 6.99. The highest BCUT2D eigenvalue weighted by atomic mass is 35.5. The number of rotatable bonds is 7. The van der Waals surface area contributed by atoms with Crippen LogP contribution in [-0.4, -0.2) is 38.2 Å². The van der Waals surface area contributed by atoms with Gasteiger partial charge in [-0.05, 0) is 24.1 Å². The topological polar surface area (TPSA) is 71.2 Å². The van der Waals surface area contributed by atoms with Crippen LogP contribution in [0.25, 0.3) is 0 Å². The average molecular weight is 310 g/mol. The summed E-state index contributed by atoms with van der Waals surface area (Å²) in [5, 5.41) is 24.5. The number of hydrogen-bond acceptors (Lipinski definition) is 4. The monoisotopic (exact) mass is 309 g/mol. The molecule has 0 radical (unpaired) electrons. The highest BCUT2D eigenvalue weighted by Gasteiger charge is 2.33. The molecule has 2 aromatic rings. The predicted molar refractivity (Wildman–Crippen MR) is 81.3 cm³/mol. The van der Waals surface area contributed by atoms with Gasteiger partial charge in [-0.15, -0.1) is 0 Å². The summed E-state index contributed by atoms with van der Waals surface area (Å²) in [5.74, 6) is 0.759. The highest BCUT2D eigenvalue weighted by molar-refractivity contribution is 6.30. The molecule has 5 nitrogen and oxygen atoms in total. The van der Waals surface area contributed by atoms with Crippen molar-refractivity contribution >= 4 is 11.6 Å². The summed E-state index contributed by atoms with van der Waals surface area (Å²) in [6.07, 6.45) is 2.87. The second-order valence-electron chi connectivity index (χ2n) is 5.18. The van der Waals surface area contributed by atoms with Gasteiger partial charge in [0, 0.05) is 23.4 Å². The Hall–Kier alpha value is -1.43. The second kappa shape index (κ2) is 7.02. The molecule has 21 heavy (non-hydrogen) atoms. The lowest BCUT2D eigenvalue weighted by Gasteiger charge is -2.30. The number of hydrogen-bond donors (Lipinski definition) is 2. The molecule has 1 aromatic carbocycles. The van der Waals surface area contributed by atoms with E-state index >= 15 is 0 Å². The average Bonchev–Trinajstić information content (AvgIpc) is 2.93. The van der Waals surface area contributed by atoms with Gasteiger partial charge in [-0.1, -0.05) is 30.7 Å². The molecule has 0 unspecified atom stereocenters. The standard InChI is InChI=1S/C15H20ClN3O2/c1-2-7-19-14(17-11-18-19)8-15(9-20,10-21)12-3-5-13(16)6-4-12/h3-6,11,20-21H,2,7-10H2,1H3. The summed E-state index contributed by atoms with van der Waals surface area (Å²) in [5.41, 5.74) is 0.0475. The molecule has 0 spiro atoms. The summed E-state index contributed by atoms with van der Waals surface area (Å²) < 4.78 is 1.82. The number of aryl methyl sites for hydroxylation is 1. The van der Waals surface area contributed by atoms with Crippen LogP contribution in [0, 0.1) is 0 Å². The molecule has 6 heteroatoms. The predicted octanol–water partition coefficient (Wildman–Crippen LogP) is 1.81. The van der Waals surface area contributed by atoms with Crippen molar-refractivity contribution in [3.63, 3.8) is 0 Å². The Morgan fingerprint density at radius 1 is 1.19 bits per heavy atom. The van der Waals surface area contributed by atoms with Crippen LogP contribution in [-0.2, 0) is 18.4 Å². The molecule has 114 valence electrons. The first-order chi connectivity index (χ1) is 10.1. The zero-order valence-electron chi connectivity index (χ0n) is 12.0. The van der Waals surface area contributed by atoms with E-state index in [1.807, 2.05) is 16.8 Å². The van der Waals surface area contributed by atoms with E-state index < -0.39 is 5.41 Å². The summed E-state index contributed by atoms with van der Waals surface area (Å²) in [6.45, 7) is 2.48.